The van der Waals surface area contributed by atoms with Gasteiger partial charge in [0.2, 0.25) is 0 Å². The van der Waals surface area contributed by atoms with E-state index in [2.05, 4.69) is 56.5 Å². The zero-order chi connectivity index (χ0) is 23.0. The first-order chi connectivity index (χ1) is 16.1. The molecule has 4 rings (SSSR count). The van der Waals surface area contributed by atoms with Crippen molar-refractivity contribution in [3.8, 4) is 5.75 Å². The third kappa shape index (κ3) is 6.46. The molecule has 1 saturated heterocycles. The number of aromatic nitrogens is 1. The summed E-state index contributed by atoms with van der Waals surface area (Å²) in [4.78, 5) is 22.8. The van der Waals surface area contributed by atoms with Crippen molar-refractivity contribution in [2.24, 2.45) is 0 Å². The molecule has 2 amide bonds. The number of carbonyl (C=O) groups excluding carboxylic acids is 1. The normalized spacial score (nSPS) is 14.1. The number of ether oxygens (including phenoxy) is 1. The summed E-state index contributed by atoms with van der Waals surface area (Å²) in [5.74, 6) is 0.872. The maximum absolute atomic E-state index is 12.5. The molecule has 1 fully saturated rings. The van der Waals surface area contributed by atoms with Gasteiger partial charge in [-0.3, -0.25) is 9.88 Å². The van der Waals surface area contributed by atoms with Crippen LogP contribution < -0.4 is 15.0 Å². The van der Waals surface area contributed by atoms with Gasteiger partial charge in [-0.2, -0.15) is 0 Å². The van der Waals surface area contributed by atoms with Crippen molar-refractivity contribution in [2.45, 2.75) is 13.2 Å². The standard InChI is InChI=1S/C26H31N5O2/c1-29(2)24-9-3-7-22(16-24)20-33-25-10-4-6-21(17-25)19-30-12-14-31(15-13-30)26(32)28-23-8-5-11-27-18-23/h3-11,16-18H,12-15,19-20H2,1-2H3,(H,28,32). The number of piperazine rings is 1. The molecule has 0 aliphatic carbocycles. The number of carbonyl (C=O) groups is 1. The van der Waals surface area contributed by atoms with E-state index in [0.29, 0.717) is 19.7 Å². The molecule has 2 heterocycles. The Bertz CT molecular complexity index is 1050. The zero-order valence-electron chi connectivity index (χ0n) is 19.3. The molecule has 7 heteroatoms. The van der Waals surface area contributed by atoms with Crippen LogP contribution in [-0.4, -0.2) is 61.1 Å². The Hall–Kier alpha value is -3.58. The summed E-state index contributed by atoms with van der Waals surface area (Å²) in [5.41, 5.74) is 4.24. The Balaban J connectivity index is 1.26. The van der Waals surface area contributed by atoms with Gasteiger partial charge in [0.1, 0.15) is 12.4 Å². The highest BCUT2D eigenvalue weighted by molar-refractivity contribution is 5.89. The van der Waals surface area contributed by atoms with Crippen LogP contribution in [0.15, 0.2) is 73.1 Å². The maximum atomic E-state index is 12.5. The quantitative estimate of drug-likeness (QED) is 0.594. The number of hydrogen-bond acceptors (Lipinski definition) is 5. The lowest BCUT2D eigenvalue weighted by molar-refractivity contribution is 0.143. The molecule has 3 aromatic rings. The van der Waals surface area contributed by atoms with Gasteiger partial charge < -0.3 is 19.9 Å². The highest BCUT2D eigenvalue weighted by Gasteiger charge is 2.21. The molecular weight excluding hydrogens is 414 g/mol. The second kappa shape index (κ2) is 10.8. The van der Waals surface area contributed by atoms with Crippen LogP contribution in [0.3, 0.4) is 0 Å². The minimum absolute atomic E-state index is 0.0728. The van der Waals surface area contributed by atoms with Crippen molar-refractivity contribution in [2.75, 3.05) is 50.5 Å². The second-order valence-electron chi connectivity index (χ2n) is 8.44. The molecule has 1 aromatic heterocycles. The highest BCUT2D eigenvalue weighted by Crippen LogP contribution is 2.19. The van der Waals surface area contributed by atoms with Crippen LogP contribution in [-0.2, 0) is 13.2 Å². The van der Waals surface area contributed by atoms with Crippen LogP contribution in [0, 0.1) is 0 Å². The molecule has 7 nitrogen and oxygen atoms in total. The van der Waals surface area contributed by atoms with Gasteiger partial charge in [0.25, 0.3) is 0 Å². The fourth-order valence-corrected chi connectivity index (χ4v) is 3.83. The Morgan fingerprint density at radius 2 is 1.79 bits per heavy atom. The van der Waals surface area contributed by atoms with Crippen molar-refractivity contribution in [1.29, 1.82) is 0 Å². The molecule has 0 unspecified atom stereocenters. The lowest BCUT2D eigenvalue weighted by Gasteiger charge is -2.34. The molecular formula is C26H31N5O2. The summed E-state index contributed by atoms with van der Waals surface area (Å²) >= 11 is 0. The molecule has 0 atom stereocenters. The zero-order valence-corrected chi connectivity index (χ0v) is 19.3. The fourth-order valence-electron chi connectivity index (χ4n) is 3.83. The van der Waals surface area contributed by atoms with Crippen LogP contribution >= 0.6 is 0 Å². The van der Waals surface area contributed by atoms with Crippen LogP contribution in [0.4, 0.5) is 16.2 Å². The first-order valence-electron chi connectivity index (χ1n) is 11.2. The summed E-state index contributed by atoms with van der Waals surface area (Å²) in [7, 11) is 4.08. The van der Waals surface area contributed by atoms with Crippen LogP contribution in [0.5, 0.6) is 5.75 Å². The Morgan fingerprint density at radius 1 is 1.00 bits per heavy atom. The average Bonchev–Trinajstić information content (AvgIpc) is 2.84. The van der Waals surface area contributed by atoms with Gasteiger partial charge >= 0.3 is 6.03 Å². The number of pyridine rings is 1. The van der Waals surface area contributed by atoms with Gasteiger partial charge in [-0.05, 0) is 47.5 Å². The minimum Gasteiger partial charge on any atom is -0.489 e. The SMILES string of the molecule is CN(C)c1cccc(COc2cccc(CN3CCN(C(=O)Nc4cccnc4)CC3)c2)c1. The molecule has 1 aliphatic heterocycles. The van der Waals surface area contributed by atoms with Gasteiger partial charge in [0, 0.05) is 58.7 Å². The summed E-state index contributed by atoms with van der Waals surface area (Å²) in [5, 5.41) is 2.91. The van der Waals surface area contributed by atoms with Crippen molar-refractivity contribution in [1.82, 2.24) is 14.8 Å². The van der Waals surface area contributed by atoms with Gasteiger partial charge in [-0.25, -0.2) is 4.79 Å². The Kier molecular flexibility index (Phi) is 7.42. The number of benzene rings is 2. The lowest BCUT2D eigenvalue weighted by Crippen LogP contribution is -2.49. The monoisotopic (exact) mass is 445 g/mol. The molecule has 33 heavy (non-hydrogen) atoms. The van der Waals surface area contributed by atoms with Gasteiger partial charge in [0.15, 0.2) is 0 Å². The lowest BCUT2D eigenvalue weighted by atomic mass is 10.2. The van der Waals surface area contributed by atoms with E-state index in [1.54, 1.807) is 12.4 Å². The van der Waals surface area contributed by atoms with E-state index >= 15 is 0 Å². The largest absolute Gasteiger partial charge is 0.489 e. The van der Waals surface area contributed by atoms with Gasteiger partial charge in [0.05, 0.1) is 11.9 Å². The van der Waals surface area contributed by atoms with Crippen molar-refractivity contribution >= 4 is 17.4 Å². The molecule has 0 spiro atoms. The maximum Gasteiger partial charge on any atom is 0.321 e. The molecule has 172 valence electrons. The van der Waals surface area contributed by atoms with Gasteiger partial charge in [-0.15, -0.1) is 0 Å². The van der Waals surface area contributed by atoms with Crippen molar-refractivity contribution in [3.05, 3.63) is 84.2 Å². The molecule has 0 radical (unpaired) electrons. The molecule has 0 saturated carbocycles. The second-order valence-corrected chi connectivity index (χ2v) is 8.44. The Labute approximate surface area is 195 Å². The van der Waals surface area contributed by atoms with E-state index in [-0.39, 0.29) is 6.03 Å². The van der Waals surface area contributed by atoms with E-state index in [1.165, 1.54) is 5.56 Å². The van der Waals surface area contributed by atoms with E-state index < -0.39 is 0 Å². The smallest absolute Gasteiger partial charge is 0.321 e. The predicted octanol–water partition coefficient (Wildman–Crippen LogP) is 4.08. The predicted molar refractivity (Wildman–Crippen MR) is 132 cm³/mol. The van der Waals surface area contributed by atoms with Crippen molar-refractivity contribution in [3.63, 3.8) is 0 Å². The van der Waals surface area contributed by atoms with E-state index in [9.17, 15) is 4.79 Å². The number of nitrogens with one attached hydrogen (secondary N) is 1. The topological polar surface area (TPSA) is 60.9 Å². The number of rotatable bonds is 7. The summed E-state index contributed by atoms with van der Waals surface area (Å²) in [6.45, 7) is 4.45. The third-order valence-corrected chi connectivity index (χ3v) is 5.71. The van der Waals surface area contributed by atoms with E-state index in [4.69, 9.17) is 4.74 Å². The summed E-state index contributed by atoms with van der Waals surface area (Å²) < 4.78 is 6.06. The van der Waals surface area contributed by atoms with E-state index in [0.717, 1.165) is 42.3 Å². The molecule has 1 aliphatic rings. The van der Waals surface area contributed by atoms with E-state index in [1.807, 2.05) is 43.3 Å². The van der Waals surface area contributed by atoms with Crippen molar-refractivity contribution < 1.29 is 9.53 Å². The number of hydrogen-bond donors (Lipinski definition) is 1. The van der Waals surface area contributed by atoms with Crippen LogP contribution in [0.25, 0.3) is 0 Å². The highest BCUT2D eigenvalue weighted by atomic mass is 16.5. The number of amides is 2. The Morgan fingerprint density at radius 3 is 2.55 bits per heavy atom. The summed E-state index contributed by atoms with van der Waals surface area (Å²) in [6.07, 6.45) is 3.35. The number of urea groups is 1. The first-order valence-corrected chi connectivity index (χ1v) is 11.2. The minimum atomic E-state index is -0.0728. The molecule has 1 N–H and O–H groups in total. The number of anilines is 2. The van der Waals surface area contributed by atoms with Gasteiger partial charge in [-0.1, -0.05) is 24.3 Å². The molecule has 2 aromatic carbocycles. The molecule has 0 bridgehead atoms. The fraction of sp³-hybridized carbons (Fsp3) is 0.308. The number of nitrogens with zero attached hydrogens (tertiary/aromatic N) is 4. The third-order valence-electron chi connectivity index (χ3n) is 5.71. The van der Waals surface area contributed by atoms with Crippen LogP contribution in [0.1, 0.15) is 11.1 Å². The summed E-state index contributed by atoms with van der Waals surface area (Å²) in [6, 6.07) is 20.2. The van der Waals surface area contributed by atoms with Crippen LogP contribution in [0.2, 0.25) is 0 Å². The first kappa shape index (κ1) is 22.6. The average molecular weight is 446 g/mol.